The van der Waals surface area contributed by atoms with E-state index in [0.29, 0.717) is 12.2 Å². The standard InChI is InChI=1S/C17H17NO3/c19-16(20)17(11-4-12-18-17)13-7-9-15(10-8-13)21-14-5-2-1-3-6-14/h1-3,5-10,18H,4,11-12H2,(H,19,20)/t17-/m1/s1. The molecule has 1 atom stereocenters. The van der Waals surface area contributed by atoms with Gasteiger partial charge < -0.3 is 9.84 Å². The summed E-state index contributed by atoms with van der Waals surface area (Å²) in [5, 5.41) is 12.6. The van der Waals surface area contributed by atoms with Crippen LogP contribution in [0.4, 0.5) is 0 Å². The Bertz CT molecular complexity index is 616. The summed E-state index contributed by atoms with van der Waals surface area (Å²) in [4.78, 5) is 11.6. The molecule has 0 saturated carbocycles. The van der Waals surface area contributed by atoms with Crippen LogP contribution in [0.5, 0.6) is 11.5 Å². The molecule has 0 radical (unpaired) electrons. The molecule has 0 amide bonds. The predicted molar refractivity (Wildman–Crippen MR) is 79.5 cm³/mol. The van der Waals surface area contributed by atoms with Crippen LogP contribution in [-0.2, 0) is 10.3 Å². The summed E-state index contributed by atoms with van der Waals surface area (Å²) in [6.07, 6.45) is 1.48. The van der Waals surface area contributed by atoms with E-state index in [1.54, 1.807) is 0 Å². The molecule has 2 N–H and O–H groups in total. The first-order valence-electron chi connectivity index (χ1n) is 7.03. The number of nitrogens with one attached hydrogen (secondary N) is 1. The molecule has 1 aliphatic heterocycles. The van der Waals surface area contributed by atoms with Crippen LogP contribution >= 0.6 is 0 Å². The SMILES string of the molecule is O=C(O)[C@]1(c2ccc(Oc3ccccc3)cc2)CCCN1. The lowest BCUT2D eigenvalue weighted by atomic mass is 9.88. The quantitative estimate of drug-likeness (QED) is 0.905. The normalized spacial score (nSPS) is 21.1. The Morgan fingerprint density at radius 2 is 1.71 bits per heavy atom. The van der Waals surface area contributed by atoms with E-state index in [4.69, 9.17) is 4.74 Å². The summed E-state index contributed by atoms with van der Waals surface area (Å²) in [6.45, 7) is 0.731. The summed E-state index contributed by atoms with van der Waals surface area (Å²) in [5.74, 6) is 0.636. The van der Waals surface area contributed by atoms with Crippen molar-refractivity contribution in [3.8, 4) is 11.5 Å². The minimum absolute atomic E-state index is 0.612. The Morgan fingerprint density at radius 1 is 1.05 bits per heavy atom. The van der Waals surface area contributed by atoms with Crippen molar-refractivity contribution in [1.29, 1.82) is 0 Å². The van der Waals surface area contributed by atoms with Crippen LogP contribution in [0.1, 0.15) is 18.4 Å². The molecule has 0 aliphatic carbocycles. The molecular formula is C17H17NO3. The van der Waals surface area contributed by atoms with Crippen molar-refractivity contribution in [1.82, 2.24) is 5.32 Å². The number of hydrogen-bond donors (Lipinski definition) is 2. The molecule has 4 heteroatoms. The van der Waals surface area contributed by atoms with Crippen LogP contribution in [0.15, 0.2) is 54.6 Å². The second-order valence-electron chi connectivity index (χ2n) is 5.18. The molecule has 1 fully saturated rings. The van der Waals surface area contributed by atoms with E-state index >= 15 is 0 Å². The van der Waals surface area contributed by atoms with Gasteiger partial charge in [0.2, 0.25) is 0 Å². The lowest BCUT2D eigenvalue weighted by Gasteiger charge is -2.25. The zero-order valence-electron chi connectivity index (χ0n) is 11.6. The highest BCUT2D eigenvalue weighted by Gasteiger charge is 2.42. The molecule has 2 aromatic rings. The van der Waals surface area contributed by atoms with E-state index < -0.39 is 11.5 Å². The van der Waals surface area contributed by atoms with Gasteiger partial charge in [-0.05, 0) is 49.2 Å². The van der Waals surface area contributed by atoms with Gasteiger partial charge >= 0.3 is 5.97 Å². The highest BCUT2D eigenvalue weighted by molar-refractivity contribution is 5.81. The molecule has 0 aromatic heterocycles. The highest BCUT2D eigenvalue weighted by atomic mass is 16.5. The third-order valence-corrected chi connectivity index (χ3v) is 3.85. The molecule has 0 unspecified atom stereocenters. The van der Waals surface area contributed by atoms with E-state index in [1.165, 1.54) is 0 Å². The molecule has 4 nitrogen and oxygen atoms in total. The number of para-hydroxylation sites is 1. The number of benzene rings is 2. The van der Waals surface area contributed by atoms with Gasteiger partial charge in [-0.2, -0.15) is 0 Å². The second-order valence-corrected chi connectivity index (χ2v) is 5.18. The van der Waals surface area contributed by atoms with Gasteiger partial charge in [-0.15, -0.1) is 0 Å². The first kappa shape index (κ1) is 13.6. The van der Waals surface area contributed by atoms with Gasteiger partial charge in [-0.25, -0.2) is 4.79 Å². The number of rotatable bonds is 4. The molecule has 1 saturated heterocycles. The van der Waals surface area contributed by atoms with Crippen LogP contribution in [0.25, 0.3) is 0 Å². The number of ether oxygens (including phenoxy) is 1. The number of hydrogen-bond acceptors (Lipinski definition) is 3. The van der Waals surface area contributed by atoms with Gasteiger partial charge in [0.15, 0.2) is 0 Å². The van der Waals surface area contributed by atoms with E-state index in [1.807, 2.05) is 54.6 Å². The molecule has 0 bridgehead atoms. The van der Waals surface area contributed by atoms with Gasteiger partial charge in [0, 0.05) is 0 Å². The lowest BCUT2D eigenvalue weighted by molar-refractivity contribution is -0.144. The maximum atomic E-state index is 11.6. The lowest BCUT2D eigenvalue weighted by Crippen LogP contribution is -2.44. The third kappa shape index (κ3) is 2.62. The van der Waals surface area contributed by atoms with Crippen molar-refractivity contribution in [2.45, 2.75) is 18.4 Å². The van der Waals surface area contributed by atoms with Crippen molar-refractivity contribution in [2.75, 3.05) is 6.54 Å². The van der Waals surface area contributed by atoms with Gasteiger partial charge in [0.1, 0.15) is 17.0 Å². The van der Waals surface area contributed by atoms with E-state index in [-0.39, 0.29) is 0 Å². The largest absolute Gasteiger partial charge is 0.480 e. The van der Waals surface area contributed by atoms with Crippen LogP contribution in [0, 0.1) is 0 Å². The Kier molecular flexibility index (Phi) is 3.62. The number of carboxylic acids is 1. The fraction of sp³-hybridized carbons (Fsp3) is 0.235. The second kappa shape index (κ2) is 5.58. The van der Waals surface area contributed by atoms with Crippen LogP contribution in [0.3, 0.4) is 0 Å². The summed E-state index contributed by atoms with van der Waals surface area (Å²) in [6, 6.07) is 16.8. The van der Waals surface area contributed by atoms with E-state index in [0.717, 1.165) is 24.3 Å². The Morgan fingerprint density at radius 3 is 2.29 bits per heavy atom. The van der Waals surface area contributed by atoms with E-state index in [9.17, 15) is 9.90 Å². The minimum atomic E-state index is -0.953. The minimum Gasteiger partial charge on any atom is -0.480 e. The fourth-order valence-corrected chi connectivity index (χ4v) is 2.73. The predicted octanol–water partition coefficient (Wildman–Crippen LogP) is 3.14. The first-order valence-corrected chi connectivity index (χ1v) is 7.03. The smallest absolute Gasteiger partial charge is 0.328 e. The van der Waals surface area contributed by atoms with Crippen molar-refractivity contribution >= 4 is 5.97 Å². The third-order valence-electron chi connectivity index (χ3n) is 3.85. The summed E-state index contributed by atoms with van der Waals surface area (Å²) >= 11 is 0. The van der Waals surface area contributed by atoms with Crippen LogP contribution in [0.2, 0.25) is 0 Å². The summed E-state index contributed by atoms with van der Waals surface area (Å²) < 4.78 is 5.72. The molecule has 1 heterocycles. The van der Waals surface area contributed by atoms with Crippen molar-refractivity contribution < 1.29 is 14.6 Å². The molecule has 1 aliphatic rings. The first-order chi connectivity index (χ1) is 10.2. The maximum absolute atomic E-state index is 11.6. The topological polar surface area (TPSA) is 58.6 Å². The monoisotopic (exact) mass is 283 g/mol. The van der Waals surface area contributed by atoms with E-state index in [2.05, 4.69) is 5.32 Å². The van der Waals surface area contributed by atoms with Crippen molar-refractivity contribution in [3.05, 3.63) is 60.2 Å². The highest BCUT2D eigenvalue weighted by Crippen LogP contribution is 2.33. The Balaban J connectivity index is 1.82. The number of carboxylic acid groups (broad SMARTS) is 1. The Hall–Kier alpha value is -2.33. The maximum Gasteiger partial charge on any atom is 0.328 e. The molecule has 108 valence electrons. The van der Waals surface area contributed by atoms with Crippen LogP contribution in [-0.4, -0.2) is 17.6 Å². The van der Waals surface area contributed by atoms with Gasteiger partial charge in [0.05, 0.1) is 0 Å². The number of carbonyl (C=O) groups is 1. The van der Waals surface area contributed by atoms with Crippen molar-refractivity contribution in [3.63, 3.8) is 0 Å². The van der Waals surface area contributed by atoms with Gasteiger partial charge in [0.25, 0.3) is 0 Å². The zero-order valence-corrected chi connectivity index (χ0v) is 11.6. The van der Waals surface area contributed by atoms with Gasteiger partial charge in [-0.1, -0.05) is 30.3 Å². The molecular weight excluding hydrogens is 266 g/mol. The summed E-state index contributed by atoms with van der Waals surface area (Å²) in [5.41, 5.74) is -0.182. The average molecular weight is 283 g/mol. The summed E-state index contributed by atoms with van der Waals surface area (Å²) in [7, 11) is 0. The Labute approximate surface area is 123 Å². The van der Waals surface area contributed by atoms with Crippen molar-refractivity contribution in [2.24, 2.45) is 0 Å². The fourth-order valence-electron chi connectivity index (χ4n) is 2.73. The van der Waals surface area contributed by atoms with Gasteiger partial charge in [-0.3, -0.25) is 5.32 Å². The molecule has 3 rings (SSSR count). The average Bonchev–Trinajstić information content (AvgIpc) is 3.00. The molecule has 0 spiro atoms. The number of aliphatic carboxylic acids is 1. The molecule has 21 heavy (non-hydrogen) atoms. The van der Waals surface area contributed by atoms with Crippen LogP contribution < -0.4 is 10.1 Å². The zero-order chi connectivity index (χ0) is 14.7. The molecule has 2 aromatic carbocycles.